The van der Waals surface area contributed by atoms with E-state index in [0.29, 0.717) is 0 Å². The predicted octanol–water partition coefficient (Wildman–Crippen LogP) is 7.50. The summed E-state index contributed by atoms with van der Waals surface area (Å²) in [5.74, 6) is 0. The van der Waals surface area contributed by atoms with Crippen molar-refractivity contribution < 1.29 is 0 Å². The largest absolute Gasteiger partial charge is 0.135 e. The number of unbranched alkanes of at least 4 members (excludes halogenated alkanes) is 2. The van der Waals surface area contributed by atoms with Gasteiger partial charge in [-0.25, -0.2) is 0 Å². The second-order valence-electron chi connectivity index (χ2n) is 15.5. The Morgan fingerprint density at radius 3 is 1.54 bits per heavy atom. The highest BCUT2D eigenvalue weighted by Crippen LogP contribution is 2.49. The van der Waals surface area contributed by atoms with Gasteiger partial charge >= 0.3 is 0 Å². The average molecular weight is 599 g/mol. The van der Waals surface area contributed by atoms with Crippen LogP contribution in [0.25, 0.3) is 41.7 Å². The maximum atomic E-state index is 2.86. The molecule has 0 unspecified atom stereocenters. The van der Waals surface area contributed by atoms with Crippen molar-refractivity contribution in [2.24, 2.45) is 0 Å². The molecular formula is C34H46SSi4. The predicted molar refractivity (Wildman–Crippen MR) is 193 cm³/mol. The molecule has 204 valence electrons. The van der Waals surface area contributed by atoms with Gasteiger partial charge in [0.15, 0.2) is 0 Å². The molecular weight excluding hydrogens is 553 g/mol. The normalized spacial score (nSPS) is 17.5. The Bertz CT molecular complexity index is 1820. The van der Waals surface area contributed by atoms with Crippen molar-refractivity contribution in [1.29, 1.82) is 0 Å². The number of hydrogen-bond acceptors (Lipinski definition) is 1. The first-order valence-corrected chi connectivity index (χ1v) is 28.8. The fourth-order valence-corrected chi connectivity index (χ4v) is 23.8. The topological polar surface area (TPSA) is 0 Å². The second kappa shape index (κ2) is 8.18. The maximum Gasteiger partial charge on any atom is 0.119 e. The Balaban J connectivity index is 1.80. The van der Waals surface area contributed by atoms with Crippen LogP contribution in [-0.2, 0) is 0 Å². The van der Waals surface area contributed by atoms with Crippen molar-refractivity contribution in [2.45, 2.75) is 104 Å². The van der Waals surface area contributed by atoms with Crippen LogP contribution in [0.5, 0.6) is 0 Å². The molecule has 2 aliphatic rings. The van der Waals surface area contributed by atoms with Crippen LogP contribution in [0.1, 0.15) is 39.5 Å². The lowest BCUT2D eigenvalue weighted by molar-refractivity contribution is 0.839. The number of hydrogen-bond donors (Lipinski definition) is 0. The third-order valence-electron chi connectivity index (χ3n) is 10.6. The smallest absolute Gasteiger partial charge is 0.119 e. The summed E-state index contributed by atoms with van der Waals surface area (Å²) in [6, 6.07) is 13.9. The van der Waals surface area contributed by atoms with E-state index in [1.165, 1.54) is 37.8 Å². The molecule has 0 amide bonds. The van der Waals surface area contributed by atoms with Crippen LogP contribution in [-0.4, -0.2) is 32.3 Å². The van der Waals surface area contributed by atoms with Crippen LogP contribution in [0, 0.1) is 0 Å². The van der Waals surface area contributed by atoms with E-state index in [4.69, 9.17) is 0 Å². The molecule has 0 aliphatic carbocycles. The Morgan fingerprint density at radius 2 is 1.03 bits per heavy atom. The number of thiophene rings is 1. The lowest BCUT2D eigenvalue weighted by Gasteiger charge is -2.32. The molecule has 0 fully saturated rings. The van der Waals surface area contributed by atoms with Gasteiger partial charge in [0.05, 0.1) is 16.1 Å². The van der Waals surface area contributed by atoms with Gasteiger partial charge in [0.2, 0.25) is 0 Å². The van der Waals surface area contributed by atoms with Crippen molar-refractivity contribution in [1.82, 2.24) is 0 Å². The van der Waals surface area contributed by atoms with E-state index < -0.39 is 32.3 Å². The molecule has 5 heteroatoms. The maximum absolute atomic E-state index is 2.86. The molecule has 0 saturated carbocycles. The van der Waals surface area contributed by atoms with Crippen LogP contribution < -0.4 is 31.1 Å². The van der Waals surface area contributed by atoms with E-state index in [1.807, 2.05) is 10.4 Å². The van der Waals surface area contributed by atoms with Gasteiger partial charge in [-0.1, -0.05) is 116 Å². The third kappa shape index (κ3) is 3.20. The summed E-state index contributed by atoms with van der Waals surface area (Å²) in [7, 11) is -6.69. The van der Waals surface area contributed by atoms with E-state index in [0.717, 1.165) is 0 Å². The molecule has 0 atom stereocenters. The minimum Gasteiger partial charge on any atom is -0.135 e. The monoisotopic (exact) mass is 598 g/mol. The van der Waals surface area contributed by atoms with E-state index >= 15 is 0 Å². The highest BCUT2D eigenvalue weighted by atomic mass is 32.1. The molecule has 7 rings (SSSR count). The van der Waals surface area contributed by atoms with Crippen molar-refractivity contribution in [3.05, 3.63) is 24.3 Å². The zero-order valence-corrected chi connectivity index (χ0v) is 30.8. The van der Waals surface area contributed by atoms with Gasteiger partial charge in [0.1, 0.15) is 16.1 Å². The fourth-order valence-electron chi connectivity index (χ4n) is 8.58. The van der Waals surface area contributed by atoms with Crippen LogP contribution in [0.4, 0.5) is 0 Å². The Morgan fingerprint density at radius 1 is 0.590 bits per heavy atom. The number of rotatable bonds is 8. The zero-order valence-electron chi connectivity index (χ0n) is 26.0. The van der Waals surface area contributed by atoms with E-state index in [1.54, 1.807) is 62.5 Å². The molecule has 1 aromatic heterocycles. The van der Waals surface area contributed by atoms with Crippen LogP contribution in [0.3, 0.4) is 0 Å². The molecule has 3 heterocycles. The molecule has 0 nitrogen and oxygen atoms in total. The lowest BCUT2D eigenvalue weighted by atomic mass is 9.94. The van der Waals surface area contributed by atoms with Crippen LogP contribution >= 0.6 is 11.3 Å². The van der Waals surface area contributed by atoms with Crippen molar-refractivity contribution >= 4 is 116 Å². The van der Waals surface area contributed by atoms with E-state index in [2.05, 4.69) is 102 Å². The summed E-state index contributed by atoms with van der Waals surface area (Å²) in [5, 5.41) is 21.1. The molecule has 0 bridgehead atoms. The van der Waals surface area contributed by atoms with E-state index in [9.17, 15) is 0 Å². The van der Waals surface area contributed by atoms with Gasteiger partial charge in [-0.05, 0) is 64.8 Å². The Hall–Kier alpha value is -1.25. The summed E-state index contributed by atoms with van der Waals surface area (Å²) in [5.41, 5.74) is 0. The molecule has 0 saturated heterocycles. The average Bonchev–Trinajstić information content (AvgIpc) is 3.44. The standard InChI is InChI=1S/C34H46SSi4/c1-11-13-17-39(18-14-12-2)22-16-15-21-27-28(22)30-24(39)20-26(37(6,7)8)34-32(30)31-29(27)23(38(21,9)10)19-25(33(31)35-34)36(3,4)5/h15-16,19-20H,11-14,17-18H2,1-10H3. The van der Waals surface area contributed by atoms with Gasteiger partial charge in [-0.3, -0.25) is 0 Å². The summed E-state index contributed by atoms with van der Waals surface area (Å²) < 4.78 is 3.35. The third-order valence-corrected chi connectivity index (χ3v) is 25.1. The summed E-state index contributed by atoms with van der Waals surface area (Å²) >= 11 is 2.21. The van der Waals surface area contributed by atoms with E-state index in [-0.39, 0.29) is 0 Å². The molecule has 0 spiro atoms. The highest BCUT2D eigenvalue weighted by Gasteiger charge is 2.49. The molecule has 4 aromatic carbocycles. The molecule has 0 radical (unpaired) electrons. The SMILES string of the molecule is CCCC[Si]1(CCCC)c2ccc3c4c2c2c1cc([Si](C)(C)C)c1sc5c([Si](C)(C)C)cc(c4c5c12)[Si]3(C)C. The first kappa shape index (κ1) is 26.6. The van der Waals surface area contributed by atoms with Gasteiger partial charge in [-0.2, -0.15) is 0 Å². The quantitative estimate of drug-likeness (QED) is 0.128. The fraction of sp³-hybridized carbons (Fsp3) is 0.471. The summed E-state index contributed by atoms with van der Waals surface area (Å²) in [6.07, 6.45) is 5.38. The van der Waals surface area contributed by atoms with Crippen molar-refractivity contribution in [3.8, 4) is 0 Å². The van der Waals surface area contributed by atoms with Gasteiger partial charge in [-0.15, -0.1) is 11.3 Å². The molecule has 0 N–H and O–H groups in total. The Labute approximate surface area is 243 Å². The zero-order chi connectivity index (χ0) is 27.9. The van der Waals surface area contributed by atoms with Crippen LogP contribution in [0.2, 0.25) is 64.5 Å². The highest BCUT2D eigenvalue weighted by molar-refractivity contribution is 7.30. The van der Waals surface area contributed by atoms with Gasteiger partial charge in [0, 0.05) is 20.2 Å². The lowest BCUT2D eigenvalue weighted by Crippen LogP contribution is -2.57. The minimum atomic E-state index is -1.85. The number of benzene rings is 4. The second-order valence-corrected chi connectivity index (χ2v) is 35.2. The molecule has 2 aliphatic heterocycles. The first-order valence-electron chi connectivity index (χ1n) is 15.6. The summed E-state index contributed by atoms with van der Waals surface area (Å²) in [6.45, 7) is 25.7. The van der Waals surface area contributed by atoms with Crippen LogP contribution in [0.15, 0.2) is 24.3 Å². The molecule has 5 aromatic rings. The van der Waals surface area contributed by atoms with Crippen molar-refractivity contribution in [2.75, 3.05) is 0 Å². The minimum absolute atomic E-state index is 1.31. The van der Waals surface area contributed by atoms with Gasteiger partial charge < -0.3 is 0 Å². The first-order chi connectivity index (χ1) is 18.3. The Kier molecular flexibility index (Phi) is 5.59. The molecule has 39 heavy (non-hydrogen) atoms. The summed E-state index contributed by atoms with van der Waals surface area (Å²) in [4.78, 5) is 0. The van der Waals surface area contributed by atoms with Gasteiger partial charge in [0.25, 0.3) is 0 Å². The van der Waals surface area contributed by atoms with Crippen molar-refractivity contribution in [3.63, 3.8) is 0 Å².